The van der Waals surface area contributed by atoms with Crippen LogP contribution in [-0.2, 0) is 10.0 Å². The van der Waals surface area contributed by atoms with Crippen LogP contribution in [0.15, 0.2) is 58.2 Å². The van der Waals surface area contributed by atoms with Crippen LogP contribution < -0.4 is 4.72 Å². The quantitative estimate of drug-likeness (QED) is 0.930. The first-order valence-corrected chi connectivity index (χ1v) is 7.94. The van der Waals surface area contributed by atoms with Gasteiger partial charge in [-0.3, -0.25) is 4.98 Å². The average Bonchev–Trinajstić information content (AvgIpc) is 2.40. The number of aromatic nitrogens is 1. The van der Waals surface area contributed by atoms with Gasteiger partial charge in [0.05, 0.1) is 4.90 Å². The molecule has 0 saturated heterocycles. The zero-order valence-electron chi connectivity index (χ0n) is 10.2. The second-order valence-corrected chi connectivity index (χ2v) is 6.71. The molecule has 0 radical (unpaired) electrons. The summed E-state index contributed by atoms with van der Waals surface area (Å²) in [5.74, 6) is 0. The van der Waals surface area contributed by atoms with E-state index < -0.39 is 10.0 Å². The third-order valence-electron chi connectivity index (χ3n) is 2.66. The number of nitrogens with zero attached hydrogens (tertiary/aromatic N) is 1. The summed E-state index contributed by atoms with van der Waals surface area (Å²) in [5.41, 5.74) is 0.871. The van der Waals surface area contributed by atoms with Gasteiger partial charge in [0.25, 0.3) is 0 Å². The van der Waals surface area contributed by atoms with E-state index in [1.54, 1.807) is 55.7 Å². The molecule has 1 aromatic heterocycles. The number of halogens is 1. The lowest BCUT2D eigenvalue weighted by molar-refractivity contribution is 0.567. The molecule has 1 N–H and O–H groups in total. The van der Waals surface area contributed by atoms with Gasteiger partial charge < -0.3 is 0 Å². The predicted octanol–water partition coefficient (Wildman–Crippen LogP) is 2.88. The zero-order chi connectivity index (χ0) is 13.9. The third-order valence-corrected chi connectivity index (χ3v) is 4.75. The number of rotatable bonds is 4. The van der Waals surface area contributed by atoms with Gasteiger partial charge in [0.1, 0.15) is 0 Å². The Hall–Kier alpha value is -1.24. The molecule has 1 heterocycles. The Bertz CT molecular complexity index is 642. The zero-order valence-corrected chi connectivity index (χ0v) is 12.6. The summed E-state index contributed by atoms with van der Waals surface area (Å²) in [5, 5.41) is 0. The van der Waals surface area contributed by atoms with Crippen molar-refractivity contribution in [1.82, 2.24) is 9.71 Å². The van der Waals surface area contributed by atoms with Crippen LogP contribution in [0.1, 0.15) is 18.5 Å². The van der Waals surface area contributed by atoms with E-state index in [-0.39, 0.29) is 10.9 Å². The van der Waals surface area contributed by atoms with Gasteiger partial charge in [-0.1, -0.05) is 15.9 Å². The Balaban J connectivity index is 2.20. The van der Waals surface area contributed by atoms with Gasteiger partial charge >= 0.3 is 0 Å². The normalized spacial score (nSPS) is 13.2. The molecule has 4 nitrogen and oxygen atoms in total. The van der Waals surface area contributed by atoms with Crippen LogP contribution in [0.4, 0.5) is 0 Å². The SMILES string of the molecule is C[C@H](NS(=O)(=O)c1ccc(Br)cc1)c1ccncc1. The summed E-state index contributed by atoms with van der Waals surface area (Å²) in [4.78, 5) is 4.16. The smallest absolute Gasteiger partial charge is 0.241 e. The lowest BCUT2D eigenvalue weighted by atomic mass is 10.1. The first kappa shape index (κ1) is 14.2. The van der Waals surface area contributed by atoms with Gasteiger partial charge in [-0.2, -0.15) is 0 Å². The minimum atomic E-state index is -3.52. The minimum absolute atomic E-state index is 0.247. The van der Waals surface area contributed by atoms with Crippen molar-refractivity contribution < 1.29 is 8.42 Å². The summed E-state index contributed by atoms with van der Waals surface area (Å²) >= 11 is 3.28. The summed E-state index contributed by atoms with van der Waals surface area (Å²) in [6.07, 6.45) is 3.28. The van der Waals surface area contributed by atoms with Gasteiger partial charge in [0, 0.05) is 22.9 Å². The first-order valence-electron chi connectivity index (χ1n) is 5.67. The average molecular weight is 341 g/mol. The molecule has 19 heavy (non-hydrogen) atoms. The summed E-state index contributed by atoms with van der Waals surface area (Å²) in [7, 11) is -3.52. The van der Waals surface area contributed by atoms with Gasteiger partial charge in [-0.15, -0.1) is 0 Å². The van der Waals surface area contributed by atoms with Gasteiger partial charge in [0.2, 0.25) is 10.0 Å². The second-order valence-electron chi connectivity index (χ2n) is 4.08. The molecule has 0 fully saturated rings. The van der Waals surface area contributed by atoms with E-state index in [0.29, 0.717) is 0 Å². The Morgan fingerprint density at radius 2 is 1.68 bits per heavy atom. The summed E-state index contributed by atoms with van der Waals surface area (Å²) in [6.45, 7) is 1.80. The highest BCUT2D eigenvalue weighted by molar-refractivity contribution is 9.10. The third kappa shape index (κ3) is 3.62. The number of hydrogen-bond acceptors (Lipinski definition) is 3. The lowest BCUT2D eigenvalue weighted by Gasteiger charge is -2.14. The number of pyridine rings is 1. The van der Waals surface area contributed by atoms with Gasteiger partial charge in [0.15, 0.2) is 0 Å². The molecule has 0 aliphatic carbocycles. The van der Waals surface area contributed by atoms with E-state index in [9.17, 15) is 8.42 Å². The fourth-order valence-electron chi connectivity index (χ4n) is 1.63. The van der Waals surface area contributed by atoms with Crippen molar-refractivity contribution in [3.05, 3.63) is 58.8 Å². The number of hydrogen-bond donors (Lipinski definition) is 1. The van der Waals surface area contributed by atoms with E-state index in [0.717, 1.165) is 10.0 Å². The molecule has 0 saturated carbocycles. The van der Waals surface area contributed by atoms with Crippen LogP contribution in [0.2, 0.25) is 0 Å². The predicted molar refractivity (Wildman–Crippen MR) is 77.1 cm³/mol. The Morgan fingerprint density at radius 3 is 2.26 bits per heavy atom. The van der Waals surface area contributed by atoms with Crippen LogP contribution in [0.25, 0.3) is 0 Å². The number of nitrogens with one attached hydrogen (secondary N) is 1. The van der Waals surface area contributed by atoms with E-state index in [2.05, 4.69) is 25.6 Å². The maximum absolute atomic E-state index is 12.2. The van der Waals surface area contributed by atoms with Crippen LogP contribution >= 0.6 is 15.9 Å². The molecular weight excluding hydrogens is 328 g/mol. The largest absolute Gasteiger partial charge is 0.265 e. The van der Waals surface area contributed by atoms with Crippen molar-refractivity contribution >= 4 is 26.0 Å². The molecule has 0 amide bonds. The van der Waals surface area contributed by atoms with Crippen LogP contribution in [0, 0.1) is 0 Å². The highest BCUT2D eigenvalue weighted by atomic mass is 79.9. The standard InChI is InChI=1S/C13H13BrN2O2S/c1-10(11-6-8-15-9-7-11)16-19(17,18)13-4-2-12(14)3-5-13/h2-10,16H,1H3/t10-/m0/s1. The van der Waals surface area contributed by atoms with Crippen molar-refractivity contribution in [3.8, 4) is 0 Å². The summed E-state index contributed by atoms with van der Waals surface area (Å²) in [6, 6.07) is 9.79. The molecule has 1 atom stereocenters. The van der Waals surface area contributed by atoms with E-state index in [4.69, 9.17) is 0 Å². The monoisotopic (exact) mass is 340 g/mol. The highest BCUT2D eigenvalue weighted by Gasteiger charge is 2.17. The maximum atomic E-state index is 12.2. The number of benzene rings is 1. The fourth-order valence-corrected chi connectivity index (χ4v) is 3.13. The maximum Gasteiger partial charge on any atom is 0.241 e. The Kier molecular flexibility index (Phi) is 4.34. The molecule has 2 aromatic rings. The molecule has 1 aromatic carbocycles. The van der Waals surface area contributed by atoms with Crippen molar-refractivity contribution in [2.24, 2.45) is 0 Å². The van der Waals surface area contributed by atoms with Gasteiger partial charge in [-0.25, -0.2) is 13.1 Å². The highest BCUT2D eigenvalue weighted by Crippen LogP contribution is 2.18. The molecule has 100 valence electrons. The van der Waals surface area contributed by atoms with Crippen LogP contribution in [0.3, 0.4) is 0 Å². The van der Waals surface area contributed by atoms with Crippen molar-refractivity contribution in [2.45, 2.75) is 17.9 Å². The van der Waals surface area contributed by atoms with Crippen molar-refractivity contribution in [2.75, 3.05) is 0 Å². The topological polar surface area (TPSA) is 59.1 Å². The van der Waals surface area contributed by atoms with Crippen molar-refractivity contribution in [3.63, 3.8) is 0 Å². The fraction of sp³-hybridized carbons (Fsp3) is 0.154. The summed E-state index contributed by atoms with van der Waals surface area (Å²) < 4.78 is 27.8. The van der Waals surface area contributed by atoms with E-state index in [1.807, 2.05) is 0 Å². The van der Waals surface area contributed by atoms with E-state index >= 15 is 0 Å². The molecule has 0 aliphatic heterocycles. The Morgan fingerprint density at radius 1 is 1.11 bits per heavy atom. The first-order chi connectivity index (χ1) is 8.99. The van der Waals surface area contributed by atoms with E-state index in [1.165, 1.54) is 0 Å². The Labute approximate surface area is 121 Å². The molecule has 0 bridgehead atoms. The molecule has 0 spiro atoms. The second kappa shape index (κ2) is 5.81. The van der Waals surface area contributed by atoms with Crippen molar-refractivity contribution in [1.29, 1.82) is 0 Å². The molecule has 0 aliphatic rings. The van der Waals surface area contributed by atoms with Crippen LogP contribution in [-0.4, -0.2) is 13.4 Å². The van der Waals surface area contributed by atoms with Crippen LogP contribution in [0.5, 0.6) is 0 Å². The lowest BCUT2D eigenvalue weighted by Crippen LogP contribution is -2.26. The molecule has 2 rings (SSSR count). The van der Waals surface area contributed by atoms with Gasteiger partial charge in [-0.05, 0) is 48.9 Å². The molecular formula is C13H13BrN2O2S. The molecule has 0 unspecified atom stereocenters. The minimum Gasteiger partial charge on any atom is -0.265 e. The molecule has 6 heteroatoms. The number of sulfonamides is 1.